The zero-order chi connectivity index (χ0) is 7.82. The van der Waals surface area contributed by atoms with Crippen molar-refractivity contribution in [3.05, 3.63) is 0 Å². The molecule has 0 aromatic heterocycles. The Morgan fingerprint density at radius 1 is 1.40 bits per heavy atom. The Kier molecular flexibility index (Phi) is 8.17. The Labute approximate surface area is 68.1 Å². The number of nitrogens with two attached hydrogens (primary N) is 2. The molecule has 1 unspecified atom stereocenters. The van der Waals surface area contributed by atoms with Crippen LogP contribution in [0, 0.1) is 0 Å². The van der Waals surface area contributed by atoms with Crippen molar-refractivity contribution in [1.82, 2.24) is 5.09 Å². The van der Waals surface area contributed by atoms with Crippen LogP contribution in [0.5, 0.6) is 0 Å². The Balaban J connectivity index is 0.000000180. The van der Waals surface area contributed by atoms with Gasteiger partial charge in [0.2, 0.25) is 0 Å². The lowest BCUT2D eigenvalue weighted by Crippen LogP contribution is -2.11. The summed E-state index contributed by atoms with van der Waals surface area (Å²) in [6, 6.07) is 0. The predicted octanol–water partition coefficient (Wildman–Crippen LogP) is 0.434. The second-order valence-corrected chi connectivity index (χ2v) is 4.64. The predicted molar refractivity (Wildman–Crippen MR) is 48.4 cm³/mol. The van der Waals surface area contributed by atoms with Gasteiger partial charge in [0.25, 0.3) is 0 Å². The molecule has 3 nitrogen and oxygen atoms in total. The van der Waals surface area contributed by atoms with Gasteiger partial charge in [0.1, 0.15) is 0 Å². The number of rotatable bonds is 1. The molecule has 0 aromatic rings. The van der Waals surface area contributed by atoms with Crippen molar-refractivity contribution in [3.8, 4) is 0 Å². The molecule has 1 saturated heterocycles. The summed E-state index contributed by atoms with van der Waals surface area (Å²) < 4.78 is 0. The molecule has 1 heterocycles. The molecule has 1 fully saturated rings. The van der Waals surface area contributed by atoms with Gasteiger partial charge in [0.05, 0.1) is 7.43 Å². The highest BCUT2D eigenvalue weighted by Gasteiger charge is 2.08. The standard InChI is InChI=1S/C3H7ClNP.C2H8N2/c4-6-3-1-2-5-6;3-1-2-4/h5H,1-3H2;1-4H2. The topological polar surface area (TPSA) is 64.1 Å². The number of nitrogens with one attached hydrogen (secondary N) is 1. The fourth-order valence-corrected chi connectivity index (χ4v) is 2.10. The van der Waals surface area contributed by atoms with E-state index < -0.39 is 0 Å². The smallest absolute Gasteiger partial charge is 0.0598 e. The molecule has 62 valence electrons. The maximum atomic E-state index is 5.67. The summed E-state index contributed by atoms with van der Waals surface area (Å²) in [5.74, 6) is 0. The quantitative estimate of drug-likeness (QED) is 0.517. The second kappa shape index (κ2) is 7.70. The first-order valence-electron chi connectivity index (χ1n) is 3.38. The van der Waals surface area contributed by atoms with Crippen LogP contribution in [-0.2, 0) is 0 Å². The van der Waals surface area contributed by atoms with Gasteiger partial charge >= 0.3 is 0 Å². The van der Waals surface area contributed by atoms with E-state index in [1.165, 1.54) is 12.6 Å². The molecule has 0 radical (unpaired) electrons. The van der Waals surface area contributed by atoms with E-state index in [2.05, 4.69) is 5.09 Å². The van der Waals surface area contributed by atoms with E-state index in [4.69, 9.17) is 22.7 Å². The van der Waals surface area contributed by atoms with Crippen molar-refractivity contribution >= 4 is 18.7 Å². The van der Waals surface area contributed by atoms with E-state index in [1.54, 1.807) is 0 Å². The van der Waals surface area contributed by atoms with Crippen LogP contribution in [0.15, 0.2) is 0 Å². The normalized spacial score (nSPS) is 23.7. The highest BCUT2D eigenvalue weighted by atomic mass is 35.7. The van der Waals surface area contributed by atoms with E-state index in [0.717, 1.165) is 6.54 Å². The monoisotopic (exact) mass is 183 g/mol. The lowest BCUT2D eigenvalue weighted by molar-refractivity contribution is 0.939. The summed E-state index contributed by atoms with van der Waals surface area (Å²) in [7, 11) is -0.243. The molecule has 1 rings (SSSR count). The Morgan fingerprint density at radius 3 is 2.10 bits per heavy atom. The van der Waals surface area contributed by atoms with Crippen molar-refractivity contribution in [3.63, 3.8) is 0 Å². The van der Waals surface area contributed by atoms with E-state index in [0.29, 0.717) is 13.1 Å². The number of hydrogen-bond donors (Lipinski definition) is 3. The summed E-state index contributed by atoms with van der Waals surface area (Å²) in [5.41, 5.74) is 9.81. The van der Waals surface area contributed by atoms with Gasteiger partial charge in [-0.2, -0.15) is 0 Å². The fourth-order valence-electron chi connectivity index (χ4n) is 0.497. The molecule has 1 aliphatic rings. The van der Waals surface area contributed by atoms with Gasteiger partial charge < -0.3 is 11.5 Å². The summed E-state index contributed by atoms with van der Waals surface area (Å²) in [4.78, 5) is 0. The zero-order valence-electron chi connectivity index (χ0n) is 6.02. The molecule has 0 bridgehead atoms. The van der Waals surface area contributed by atoms with Crippen molar-refractivity contribution in [2.75, 3.05) is 25.8 Å². The fraction of sp³-hybridized carbons (Fsp3) is 1.00. The molecule has 10 heavy (non-hydrogen) atoms. The lowest BCUT2D eigenvalue weighted by atomic mass is 10.5. The van der Waals surface area contributed by atoms with Gasteiger partial charge in [-0.3, -0.25) is 5.09 Å². The minimum atomic E-state index is -0.243. The average Bonchev–Trinajstić information content (AvgIpc) is 2.40. The van der Waals surface area contributed by atoms with E-state index >= 15 is 0 Å². The van der Waals surface area contributed by atoms with Crippen LogP contribution in [0.3, 0.4) is 0 Å². The molecule has 0 aliphatic carbocycles. The van der Waals surface area contributed by atoms with Gasteiger partial charge in [-0.1, -0.05) is 11.2 Å². The van der Waals surface area contributed by atoms with Crippen LogP contribution in [0.4, 0.5) is 0 Å². The van der Waals surface area contributed by atoms with Gasteiger partial charge in [-0.25, -0.2) is 0 Å². The summed E-state index contributed by atoms with van der Waals surface area (Å²) in [6.07, 6.45) is 2.48. The van der Waals surface area contributed by atoms with Crippen LogP contribution in [0.2, 0.25) is 0 Å². The van der Waals surface area contributed by atoms with Crippen LogP contribution >= 0.6 is 18.7 Å². The van der Waals surface area contributed by atoms with E-state index in [-0.39, 0.29) is 7.43 Å². The minimum Gasteiger partial charge on any atom is -0.329 e. The largest absolute Gasteiger partial charge is 0.329 e. The van der Waals surface area contributed by atoms with Crippen LogP contribution < -0.4 is 16.6 Å². The van der Waals surface area contributed by atoms with E-state index in [9.17, 15) is 0 Å². The third-order valence-corrected chi connectivity index (χ3v) is 3.12. The van der Waals surface area contributed by atoms with Crippen molar-refractivity contribution in [2.24, 2.45) is 11.5 Å². The Morgan fingerprint density at radius 2 is 2.00 bits per heavy atom. The first-order chi connectivity index (χ1) is 4.81. The number of halogens is 1. The average molecular weight is 184 g/mol. The summed E-state index contributed by atoms with van der Waals surface area (Å²) in [6.45, 7) is 2.33. The lowest BCUT2D eigenvalue weighted by Gasteiger charge is -1.91. The summed E-state index contributed by atoms with van der Waals surface area (Å²) >= 11 is 5.67. The third kappa shape index (κ3) is 6.72. The molecule has 1 aliphatic heterocycles. The van der Waals surface area contributed by atoms with Crippen molar-refractivity contribution in [1.29, 1.82) is 0 Å². The molecule has 0 saturated carbocycles. The van der Waals surface area contributed by atoms with Gasteiger partial charge in [0, 0.05) is 19.6 Å². The third-order valence-electron chi connectivity index (χ3n) is 0.981. The zero-order valence-corrected chi connectivity index (χ0v) is 7.67. The molecular formula is C5H15ClN3P. The van der Waals surface area contributed by atoms with Crippen LogP contribution in [-0.4, -0.2) is 25.8 Å². The molecule has 1 atom stereocenters. The molecule has 0 spiro atoms. The maximum Gasteiger partial charge on any atom is 0.0598 e. The first kappa shape index (κ1) is 10.6. The van der Waals surface area contributed by atoms with Crippen molar-refractivity contribution < 1.29 is 0 Å². The SMILES string of the molecule is ClP1CCCN1.NCCN. The molecule has 5 N–H and O–H groups in total. The van der Waals surface area contributed by atoms with Gasteiger partial charge in [-0.15, -0.1) is 0 Å². The maximum absolute atomic E-state index is 5.67. The minimum absolute atomic E-state index is 0.243. The second-order valence-electron chi connectivity index (χ2n) is 1.92. The van der Waals surface area contributed by atoms with Crippen LogP contribution in [0.25, 0.3) is 0 Å². The first-order valence-corrected chi connectivity index (χ1v) is 5.81. The highest BCUT2D eigenvalue weighted by molar-refractivity contribution is 7.82. The molecule has 0 aromatic carbocycles. The summed E-state index contributed by atoms with van der Waals surface area (Å²) in [5, 5.41) is 3.15. The molecule has 0 amide bonds. The molecular weight excluding hydrogens is 169 g/mol. The molecule has 5 heteroatoms. The Bertz CT molecular complexity index is 65.9. The van der Waals surface area contributed by atoms with Gasteiger partial charge in [-0.05, 0) is 12.6 Å². The van der Waals surface area contributed by atoms with E-state index in [1.807, 2.05) is 0 Å². The number of hydrogen-bond acceptors (Lipinski definition) is 3. The van der Waals surface area contributed by atoms with Gasteiger partial charge in [0.15, 0.2) is 0 Å². The van der Waals surface area contributed by atoms with Crippen LogP contribution in [0.1, 0.15) is 6.42 Å². The van der Waals surface area contributed by atoms with Crippen molar-refractivity contribution in [2.45, 2.75) is 6.42 Å². The highest BCUT2D eigenvalue weighted by Crippen LogP contribution is 2.40. The Hall–Kier alpha value is 0.600.